The van der Waals surface area contributed by atoms with Crippen LogP contribution >= 0.6 is 12.4 Å². The molecule has 1 unspecified atom stereocenters. The average molecular weight is 283 g/mol. The Morgan fingerprint density at radius 3 is 2.37 bits per heavy atom. The van der Waals surface area contributed by atoms with Crippen molar-refractivity contribution in [3.63, 3.8) is 0 Å². The Labute approximate surface area is 121 Å². The van der Waals surface area contributed by atoms with Gasteiger partial charge in [0.25, 0.3) is 0 Å². The zero-order valence-corrected chi connectivity index (χ0v) is 12.2. The highest BCUT2D eigenvalue weighted by molar-refractivity contribution is 5.87. The van der Waals surface area contributed by atoms with Crippen LogP contribution in [0, 0.1) is 0 Å². The van der Waals surface area contributed by atoms with Gasteiger partial charge in [-0.15, -0.1) is 12.4 Å². The van der Waals surface area contributed by atoms with Crippen LogP contribution in [-0.4, -0.2) is 11.9 Å². The molecule has 0 spiro atoms. The van der Waals surface area contributed by atoms with E-state index in [1.54, 1.807) is 6.92 Å². The van der Waals surface area contributed by atoms with Crippen molar-refractivity contribution in [1.82, 2.24) is 5.32 Å². The maximum Gasteiger partial charge on any atom is 0.244 e. The number of nitrogens with one attached hydrogen (secondary N) is 1. The molecule has 0 radical (unpaired) electrons. The standard InChI is InChI=1S/C15H22N2O.ClH/c1-15(16,12-8-4-2-5-9-12)14(18)17-13-10-6-3-7-11-13;/h2,4-5,8-9,13H,3,6-7,10-11,16H2,1H3,(H,17,18);1H. The van der Waals surface area contributed by atoms with Gasteiger partial charge in [0.05, 0.1) is 0 Å². The third-order valence-electron chi connectivity index (χ3n) is 3.79. The lowest BCUT2D eigenvalue weighted by atomic mass is 9.90. The molecule has 1 atom stereocenters. The summed E-state index contributed by atoms with van der Waals surface area (Å²) in [4.78, 5) is 12.3. The lowest BCUT2D eigenvalue weighted by Crippen LogP contribution is -2.52. The second-order valence-electron chi connectivity index (χ2n) is 5.38. The molecule has 0 aromatic heterocycles. The summed E-state index contributed by atoms with van der Waals surface area (Å²) in [5.41, 5.74) is 6.10. The molecule has 19 heavy (non-hydrogen) atoms. The summed E-state index contributed by atoms with van der Waals surface area (Å²) in [5, 5.41) is 3.09. The van der Waals surface area contributed by atoms with Gasteiger partial charge in [-0.3, -0.25) is 4.79 Å². The fourth-order valence-corrected chi connectivity index (χ4v) is 2.50. The van der Waals surface area contributed by atoms with Crippen LogP contribution in [0.5, 0.6) is 0 Å². The number of rotatable bonds is 3. The van der Waals surface area contributed by atoms with Crippen LogP contribution in [0.25, 0.3) is 0 Å². The third kappa shape index (κ3) is 3.95. The molecule has 1 aromatic rings. The smallest absolute Gasteiger partial charge is 0.244 e. The number of amides is 1. The minimum absolute atomic E-state index is 0. The van der Waals surface area contributed by atoms with Gasteiger partial charge in [0.15, 0.2) is 0 Å². The van der Waals surface area contributed by atoms with Gasteiger partial charge in [-0.05, 0) is 25.3 Å². The predicted octanol–water partition coefficient (Wildman–Crippen LogP) is 2.73. The van der Waals surface area contributed by atoms with Crippen LogP contribution in [0.15, 0.2) is 30.3 Å². The Kier molecular flexibility index (Phi) is 5.83. The Bertz CT molecular complexity index is 400. The summed E-state index contributed by atoms with van der Waals surface area (Å²) in [6.45, 7) is 1.78. The van der Waals surface area contributed by atoms with Gasteiger partial charge in [0.2, 0.25) is 5.91 Å². The van der Waals surface area contributed by atoms with E-state index in [-0.39, 0.29) is 18.3 Å². The largest absolute Gasteiger partial charge is 0.351 e. The maximum atomic E-state index is 12.3. The molecule has 1 saturated carbocycles. The molecular formula is C15H23ClN2O. The highest BCUT2D eigenvalue weighted by Crippen LogP contribution is 2.21. The van der Waals surface area contributed by atoms with E-state index in [0.29, 0.717) is 6.04 Å². The molecule has 1 aliphatic carbocycles. The number of carbonyl (C=O) groups is 1. The van der Waals surface area contributed by atoms with Crippen LogP contribution in [0.4, 0.5) is 0 Å². The molecule has 0 heterocycles. The molecule has 1 amide bonds. The molecule has 0 bridgehead atoms. The summed E-state index contributed by atoms with van der Waals surface area (Å²) in [6.07, 6.45) is 5.85. The van der Waals surface area contributed by atoms with Gasteiger partial charge < -0.3 is 11.1 Å². The van der Waals surface area contributed by atoms with E-state index in [1.165, 1.54) is 19.3 Å². The Hall–Kier alpha value is -1.06. The number of benzene rings is 1. The van der Waals surface area contributed by atoms with E-state index in [9.17, 15) is 4.79 Å². The molecular weight excluding hydrogens is 260 g/mol. The predicted molar refractivity (Wildman–Crippen MR) is 80.2 cm³/mol. The van der Waals surface area contributed by atoms with Crippen molar-refractivity contribution in [2.75, 3.05) is 0 Å². The molecule has 2 rings (SSSR count). The summed E-state index contributed by atoms with van der Waals surface area (Å²) >= 11 is 0. The van der Waals surface area contributed by atoms with Crippen LogP contribution in [0.1, 0.15) is 44.6 Å². The highest BCUT2D eigenvalue weighted by Gasteiger charge is 2.31. The molecule has 0 aliphatic heterocycles. The van der Waals surface area contributed by atoms with Gasteiger partial charge >= 0.3 is 0 Å². The van der Waals surface area contributed by atoms with E-state index in [4.69, 9.17) is 5.73 Å². The topological polar surface area (TPSA) is 55.1 Å². The molecule has 0 saturated heterocycles. The van der Waals surface area contributed by atoms with Crippen molar-refractivity contribution in [3.8, 4) is 0 Å². The Balaban J connectivity index is 0.00000180. The molecule has 4 heteroatoms. The summed E-state index contributed by atoms with van der Waals surface area (Å²) in [6, 6.07) is 9.86. The first kappa shape index (κ1) is 16.0. The van der Waals surface area contributed by atoms with Crippen molar-refractivity contribution in [2.45, 2.75) is 50.6 Å². The molecule has 1 aliphatic rings. The van der Waals surface area contributed by atoms with Crippen molar-refractivity contribution in [2.24, 2.45) is 5.73 Å². The molecule has 106 valence electrons. The Morgan fingerprint density at radius 2 is 1.79 bits per heavy atom. The van der Waals surface area contributed by atoms with E-state index < -0.39 is 5.54 Å². The second kappa shape index (κ2) is 6.92. The SMILES string of the molecule is CC(N)(C(=O)NC1CCCCC1)c1ccccc1.Cl. The summed E-state index contributed by atoms with van der Waals surface area (Å²) in [5.74, 6) is -0.0689. The van der Waals surface area contributed by atoms with Gasteiger partial charge in [-0.25, -0.2) is 0 Å². The molecule has 1 aromatic carbocycles. The van der Waals surface area contributed by atoms with E-state index >= 15 is 0 Å². The third-order valence-corrected chi connectivity index (χ3v) is 3.79. The number of carbonyl (C=O) groups excluding carboxylic acids is 1. The first-order chi connectivity index (χ1) is 8.60. The zero-order valence-electron chi connectivity index (χ0n) is 11.4. The van der Waals surface area contributed by atoms with E-state index in [2.05, 4.69) is 5.32 Å². The fourth-order valence-electron chi connectivity index (χ4n) is 2.50. The van der Waals surface area contributed by atoms with Crippen LogP contribution < -0.4 is 11.1 Å². The van der Waals surface area contributed by atoms with Crippen molar-refractivity contribution in [1.29, 1.82) is 0 Å². The van der Waals surface area contributed by atoms with Gasteiger partial charge in [0, 0.05) is 6.04 Å². The number of hydrogen-bond donors (Lipinski definition) is 2. The van der Waals surface area contributed by atoms with Crippen LogP contribution in [-0.2, 0) is 10.3 Å². The van der Waals surface area contributed by atoms with Gasteiger partial charge in [-0.2, -0.15) is 0 Å². The van der Waals surface area contributed by atoms with Crippen LogP contribution in [0.2, 0.25) is 0 Å². The summed E-state index contributed by atoms with van der Waals surface area (Å²) in [7, 11) is 0. The average Bonchev–Trinajstić information content (AvgIpc) is 2.41. The lowest BCUT2D eigenvalue weighted by Gasteiger charge is -2.29. The Morgan fingerprint density at radius 1 is 1.21 bits per heavy atom. The lowest BCUT2D eigenvalue weighted by molar-refractivity contribution is -0.127. The molecule has 3 N–H and O–H groups in total. The highest BCUT2D eigenvalue weighted by atomic mass is 35.5. The molecule has 3 nitrogen and oxygen atoms in total. The van der Waals surface area contributed by atoms with E-state index in [0.717, 1.165) is 18.4 Å². The monoisotopic (exact) mass is 282 g/mol. The quantitative estimate of drug-likeness (QED) is 0.896. The molecule has 1 fully saturated rings. The maximum absolute atomic E-state index is 12.3. The van der Waals surface area contributed by atoms with Crippen molar-refractivity contribution < 1.29 is 4.79 Å². The summed E-state index contributed by atoms with van der Waals surface area (Å²) < 4.78 is 0. The first-order valence-corrected chi connectivity index (χ1v) is 6.76. The van der Waals surface area contributed by atoms with E-state index in [1.807, 2.05) is 30.3 Å². The van der Waals surface area contributed by atoms with Crippen LogP contribution in [0.3, 0.4) is 0 Å². The number of nitrogens with two attached hydrogens (primary N) is 1. The van der Waals surface area contributed by atoms with Gasteiger partial charge in [0.1, 0.15) is 5.54 Å². The zero-order chi connectivity index (χ0) is 13.0. The van der Waals surface area contributed by atoms with Crippen molar-refractivity contribution in [3.05, 3.63) is 35.9 Å². The second-order valence-corrected chi connectivity index (χ2v) is 5.38. The number of halogens is 1. The van der Waals surface area contributed by atoms with Crippen molar-refractivity contribution >= 4 is 18.3 Å². The minimum Gasteiger partial charge on any atom is -0.351 e. The van der Waals surface area contributed by atoms with Gasteiger partial charge in [-0.1, -0.05) is 49.6 Å². The first-order valence-electron chi connectivity index (χ1n) is 6.76. The minimum atomic E-state index is -0.946. The fraction of sp³-hybridized carbons (Fsp3) is 0.533. The number of hydrogen-bond acceptors (Lipinski definition) is 2. The normalized spacial score (nSPS) is 19.1.